The van der Waals surface area contributed by atoms with E-state index in [4.69, 9.17) is 4.74 Å². The Kier molecular flexibility index (Phi) is 8.45. The van der Waals surface area contributed by atoms with Crippen LogP contribution >= 0.6 is 23.1 Å². The highest BCUT2D eigenvalue weighted by atomic mass is 32.2. The number of benzene rings is 1. The number of thiazole rings is 1. The number of aryl methyl sites for hydroxylation is 2. The molecule has 1 N–H and O–H groups in total. The first-order valence-electron chi connectivity index (χ1n) is 10.6. The third-order valence-electron chi connectivity index (χ3n) is 4.78. The molecule has 0 aliphatic carbocycles. The van der Waals surface area contributed by atoms with Crippen molar-refractivity contribution in [3.63, 3.8) is 0 Å². The number of carbonyl (C=O) groups excluding carboxylic acids is 2. The van der Waals surface area contributed by atoms with Gasteiger partial charge in [0.05, 0.1) is 11.4 Å². The second kappa shape index (κ2) is 11.3. The molecule has 0 unspecified atom stereocenters. The van der Waals surface area contributed by atoms with E-state index in [1.807, 2.05) is 35.8 Å². The largest absolute Gasteiger partial charge is 0.486 e. The van der Waals surface area contributed by atoms with E-state index in [0.29, 0.717) is 39.8 Å². The molecule has 176 valence electrons. The Labute approximate surface area is 201 Å². The summed E-state index contributed by atoms with van der Waals surface area (Å²) < 4.78 is 7.78. The number of ether oxygens (including phenoxy) is 1. The number of amides is 2. The fourth-order valence-corrected chi connectivity index (χ4v) is 4.78. The third-order valence-corrected chi connectivity index (χ3v) is 6.81. The van der Waals surface area contributed by atoms with Gasteiger partial charge in [0.15, 0.2) is 16.1 Å². The van der Waals surface area contributed by atoms with Crippen LogP contribution in [0, 0.1) is 6.92 Å². The van der Waals surface area contributed by atoms with Gasteiger partial charge >= 0.3 is 0 Å². The second-order valence-corrected chi connectivity index (χ2v) is 9.34. The number of nitrogens with one attached hydrogen (secondary N) is 1. The van der Waals surface area contributed by atoms with Crippen LogP contribution in [0.15, 0.2) is 29.4 Å². The number of hydrogen-bond donors (Lipinski definition) is 1. The molecule has 0 spiro atoms. The summed E-state index contributed by atoms with van der Waals surface area (Å²) in [6.07, 6.45) is 0.982. The Morgan fingerprint density at radius 2 is 1.91 bits per heavy atom. The van der Waals surface area contributed by atoms with Crippen LogP contribution in [0.3, 0.4) is 0 Å². The molecule has 0 aliphatic rings. The van der Waals surface area contributed by atoms with Crippen molar-refractivity contribution in [3.05, 3.63) is 46.2 Å². The van der Waals surface area contributed by atoms with Crippen LogP contribution in [0.25, 0.3) is 0 Å². The predicted molar refractivity (Wildman–Crippen MR) is 130 cm³/mol. The van der Waals surface area contributed by atoms with Gasteiger partial charge in [-0.3, -0.25) is 9.59 Å². The van der Waals surface area contributed by atoms with Crippen molar-refractivity contribution in [2.75, 3.05) is 25.2 Å². The summed E-state index contributed by atoms with van der Waals surface area (Å²) in [5.41, 5.74) is 1.85. The van der Waals surface area contributed by atoms with Crippen molar-refractivity contribution in [3.8, 4) is 5.75 Å². The minimum absolute atomic E-state index is 0.132. The lowest BCUT2D eigenvalue weighted by atomic mass is 10.2. The first-order valence-corrected chi connectivity index (χ1v) is 12.4. The summed E-state index contributed by atoms with van der Waals surface area (Å²) in [5.74, 6) is 1.26. The van der Waals surface area contributed by atoms with Gasteiger partial charge < -0.3 is 19.5 Å². The number of rotatable bonds is 10. The minimum Gasteiger partial charge on any atom is -0.486 e. The minimum atomic E-state index is -0.225. The summed E-state index contributed by atoms with van der Waals surface area (Å²) >= 11 is 2.46. The van der Waals surface area contributed by atoms with E-state index in [-0.39, 0.29) is 17.6 Å². The second-order valence-electron chi connectivity index (χ2n) is 7.40. The molecule has 2 aromatic heterocycles. The van der Waals surface area contributed by atoms with E-state index in [9.17, 15) is 9.59 Å². The summed E-state index contributed by atoms with van der Waals surface area (Å²) in [5, 5.41) is 12.3. The van der Waals surface area contributed by atoms with Gasteiger partial charge in [-0.2, -0.15) is 0 Å². The molecular formula is C22H28N6O3S2. The fraction of sp³-hybridized carbons (Fsp3) is 0.409. The molecule has 0 aliphatic heterocycles. The highest BCUT2D eigenvalue weighted by molar-refractivity contribution is 7.99. The third kappa shape index (κ3) is 6.32. The number of thioether (sulfide) groups is 1. The number of anilines is 1. The van der Waals surface area contributed by atoms with Gasteiger partial charge in [0, 0.05) is 20.6 Å². The smallest absolute Gasteiger partial charge is 0.265 e. The van der Waals surface area contributed by atoms with Gasteiger partial charge in [0.2, 0.25) is 5.91 Å². The van der Waals surface area contributed by atoms with Gasteiger partial charge in [-0.05, 0) is 38.0 Å². The Balaban J connectivity index is 1.56. The Morgan fingerprint density at radius 3 is 2.55 bits per heavy atom. The molecule has 3 rings (SSSR count). The molecular weight excluding hydrogens is 460 g/mol. The quantitative estimate of drug-likeness (QED) is 0.435. The zero-order valence-corrected chi connectivity index (χ0v) is 21.0. The molecule has 2 amide bonds. The van der Waals surface area contributed by atoms with E-state index in [0.717, 1.165) is 12.2 Å². The van der Waals surface area contributed by atoms with Crippen molar-refractivity contribution in [2.24, 2.45) is 0 Å². The van der Waals surface area contributed by atoms with E-state index in [1.165, 1.54) is 33.6 Å². The van der Waals surface area contributed by atoms with Gasteiger partial charge in [-0.25, -0.2) is 4.98 Å². The molecule has 1 aromatic carbocycles. The van der Waals surface area contributed by atoms with Crippen molar-refractivity contribution in [1.29, 1.82) is 0 Å². The number of carbonyl (C=O) groups is 2. The topological polar surface area (TPSA) is 102 Å². The summed E-state index contributed by atoms with van der Waals surface area (Å²) in [4.78, 5) is 30.9. The van der Waals surface area contributed by atoms with Crippen LogP contribution in [-0.4, -0.2) is 56.3 Å². The van der Waals surface area contributed by atoms with Crippen LogP contribution in [0.1, 0.15) is 40.6 Å². The molecule has 0 fully saturated rings. The SMILES string of the molecule is CCc1ccc(OCc2nnc(SCC(=O)Nc3nc(C)c(C(=O)N(C)C)s3)n2CC)cc1. The van der Waals surface area contributed by atoms with Gasteiger partial charge in [0.1, 0.15) is 17.2 Å². The Morgan fingerprint density at radius 1 is 1.18 bits per heavy atom. The van der Waals surface area contributed by atoms with E-state index >= 15 is 0 Å². The molecule has 33 heavy (non-hydrogen) atoms. The van der Waals surface area contributed by atoms with Crippen LogP contribution in [0.5, 0.6) is 5.75 Å². The molecule has 2 heterocycles. The maximum absolute atomic E-state index is 12.4. The number of aromatic nitrogens is 4. The molecule has 0 saturated carbocycles. The highest BCUT2D eigenvalue weighted by Gasteiger charge is 2.19. The summed E-state index contributed by atoms with van der Waals surface area (Å²) in [7, 11) is 3.36. The average Bonchev–Trinajstić information content (AvgIpc) is 3.37. The predicted octanol–water partition coefficient (Wildman–Crippen LogP) is 3.64. The molecule has 11 heteroatoms. The fourth-order valence-electron chi connectivity index (χ4n) is 2.96. The van der Waals surface area contributed by atoms with Gasteiger partial charge in [0.25, 0.3) is 5.91 Å². The number of hydrogen-bond acceptors (Lipinski definition) is 8. The maximum Gasteiger partial charge on any atom is 0.265 e. The molecule has 0 atom stereocenters. The first-order chi connectivity index (χ1) is 15.8. The van der Waals surface area contributed by atoms with Crippen LogP contribution in [0.4, 0.5) is 5.13 Å². The van der Waals surface area contributed by atoms with Gasteiger partial charge in [-0.1, -0.05) is 42.2 Å². The van der Waals surface area contributed by atoms with Gasteiger partial charge in [-0.15, -0.1) is 10.2 Å². The standard InChI is InChI=1S/C22H28N6O3S2/c1-6-15-8-10-16(11-9-15)31-12-17-25-26-22(28(17)7-2)32-13-18(29)24-21-23-14(3)19(33-21)20(30)27(4)5/h8-11H,6-7,12-13H2,1-5H3,(H,23,24,29). The van der Waals surface area contributed by atoms with Crippen LogP contribution in [-0.2, 0) is 24.4 Å². The molecule has 3 aromatic rings. The van der Waals surface area contributed by atoms with Crippen molar-refractivity contribution in [2.45, 2.75) is 45.5 Å². The zero-order valence-electron chi connectivity index (χ0n) is 19.4. The number of nitrogens with zero attached hydrogens (tertiary/aromatic N) is 5. The van der Waals surface area contributed by atoms with Crippen molar-refractivity contribution >= 4 is 40.0 Å². The van der Waals surface area contributed by atoms with Crippen molar-refractivity contribution in [1.82, 2.24) is 24.6 Å². The normalized spacial score (nSPS) is 10.8. The average molecular weight is 489 g/mol. The first kappa shape index (κ1) is 24.7. The van der Waals surface area contributed by atoms with E-state index < -0.39 is 0 Å². The Bertz CT molecular complexity index is 1110. The maximum atomic E-state index is 12.4. The van der Waals surface area contributed by atoms with E-state index in [2.05, 4.69) is 27.4 Å². The summed E-state index contributed by atoms with van der Waals surface area (Å²) in [6, 6.07) is 7.98. The zero-order chi connectivity index (χ0) is 24.0. The molecule has 0 saturated heterocycles. The van der Waals surface area contributed by atoms with E-state index in [1.54, 1.807) is 21.0 Å². The Hall–Kier alpha value is -2.92. The monoisotopic (exact) mass is 488 g/mol. The summed E-state index contributed by atoms with van der Waals surface area (Å²) in [6.45, 7) is 6.81. The molecule has 0 bridgehead atoms. The molecule has 9 nitrogen and oxygen atoms in total. The van der Waals surface area contributed by atoms with Crippen LogP contribution < -0.4 is 10.1 Å². The lowest BCUT2D eigenvalue weighted by Crippen LogP contribution is -2.21. The van der Waals surface area contributed by atoms with Crippen LogP contribution in [0.2, 0.25) is 0 Å². The lowest BCUT2D eigenvalue weighted by Gasteiger charge is -2.09. The van der Waals surface area contributed by atoms with Crippen molar-refractivity contribution < 1.29 is 14.3 Å². The molecule has 0 radical (unpaired) electrons. The lowest BCUT2D eigenvalue weighted by molar-refractivity contribution is -0.113. The highest BCUT2D eigenvalue weighted by Crippen LogP contribution is 2.24.